The summed E-state index contributed by atoms with van der Waals surface area (Å²) in [6.07, 6.45) is 0. The third-order valence-corrected chi connectivity index (χ3v) is 2.83. The van der Waals surface area contributed by atoms with Crippen molar-refractivity contribution in [2.75, 3.05) is 0 Å². The van der Waals surface area contributed by atoms with E-state index in [0.29, 0.717) is 17.0 Å². The van der Waals surface area contributed by atoms with Crippen LogP contribution < -0.4 is 0 Å². The maximum atomic E-state index is 9.12. The molecule has 0 aliphatic carbocycles. The lowest BCUT2D eigenvalue weighted by atomic mass is 10.1. The zero-order chi connectivity index (χ0) is 12.5. The molecule has 3 aromatic rings. The van der Waals surface area contributed by atoms with E-state index in [0.717, 1.165) is 11.3 Å². The molecule has 0 fully saturated rings. The normalized spacial score (nSPS) is 10.4. The first-order valence-corrected chi connectivity index (χ1v) is 5.61. The number of hydrogen-bond donors (Lipinski definition) is 0. The Labute approximate surface area is 104 Å². The molecule has 0 spiro atoms. The maximum absolute atomic E-state index is 9.12. The molecule has 0 saturated carbocycles. The van der Waals surface area contributed by atoms with E-state index < -0.39 is 0 Å². The summed E-state index contributed by atoms with van der Waals surface area (Å²) in [5.41, 5.74) is 3.74. The number of nitrogens with zero attached hydrogens (tertiary/aromatic N) is 4. The molecule has 0 radical (unpaired) electrons. The smallest absolute Gasteiger partial charge is 0.165 e. The Morgan fingerprint density at radius 1 is 1.11 bits per heavy atom. The number of aromatic nitrogens is 3. The monoisotopic (exact) mass is 234 g/mol. The predicted octanol–water partition coefficient (Wildman–Crippen LogP) is 2.58. The SMILES string of the molecule is Cc1nc2ccc(-c3ccccc3)nn2c1C#N. The van der Waals surface area contributed by atoms with Gasteiger partial charge in [-0.15, -0.1) is 0 Å². The number of aryl methyl sites for hydroxylation is 1. The van der Waals surface area contributed by atoms with Crippen LogP contribution in [-0.4, -0.2) is 14.6 Å². The lowest BCUT2D eigenvalue weighted by Gasteiger charge is -2.01. The summed E-state index contributed by atoms with van der Waals surface area (Å²) in [5, 5.41) is 13.6. The highest BCUT2D eigenvalue weighted by Crippen LogP contribution is 2.18. The fraction of sp³-hybridized carbons (Fsp3) is 0.0714. The van der Waals surface area contributed by atoms with E-state index in [-0.39, 0.29) is 0 Å². The molecule has 4 nitrogen and oxygen atoms in total. The van der Waals surface area contributed by atoms with Crippen LogP contribution in [0.3, 0.4) is 0 Å². The van der Waals surface area contributed by atoms with Crippen LogP contribution in [0.1, 0.15) is 11.4 Å². The molecule has 0 saturated heterocycles. The number of rotatable bonds is 1. The van der Waals surface area contributed by atoms with Crippen molar-refractivity contribution in [2.24, 2.45) is 0 Å². The van der Waals surface area contributed by atoms with E-state index >= 15 is 0 Å². The van der Waals surface area contributed by atoms with Crippen molar-refractivity contribution in [1.29, 1.82) is 5.26 Å². The first-order chi connectivity index (χ1) is 8.79. The largest absolute Gasteiger partial charge is 0.231 e. The van der Waals surface area contributed by atoms with Gasteiger partial charge < -0.3 is 0 Å². The minimum atomic E-state index is 0.489. The van der Waals surface area contributed by atoms with Crippen LogP contribution in [0.5, 0.6) is 0 Å². The Morgan fingerprint density at radius 3 is 2.61 bits per heavy atom. The van der Waals surface area contributed by atoms with E-state index in [9.17, 15) is 0 Å². The van der Waals surface area contributed by atoms with Crippen LogP contribution in [0.25, 0.3) is 16.9 Å². The van der Waals surface area contributed by atoms with Gasteiger partial charge in [0.1, 0.15) is 6.07 Å². The maximum Gasteiger partial charge on any atom is 0.165 e. The molecule has 0 aliphatic heterocycles. The van der Waals surface area contributed by atoms with Crippen molar-refractivity contribution in [1.82, 2.24) is 14.6 Å². The lowest BCUT2D eigenvalue weighted by Crippen LogP contribution is -1.97. The average molecular weight is 234 g/mol. The van der Waals surface area contributed by atoms with Gasteiger partial charge in [-0.05, 0) is 19.1 Å². The second-order valence-corrected chi connectivity index (χ2v) is 4.01. The van der Waals surface area contributed by atoms with Gasteiger partial charge in [0.05, 0.1) is 11.4 Å². The Balaban J connectivity index is 2.26. The Hall–Kier alpha value is -2.67. The second-order valence-electron chi connectivity index (χ2n) is 4.01. The van der Waals surface area contributed by atoms with E-state index in [1.807, 2.05) is 49.4 Å². The molecule has 4 heteroatoms. The topological polar surface area (TPSA) is 54.0 Å². The molecule has 1 aromatic carbocycles. The summed E-state index contributed by atoms with van der Waals surface area (Å²) in [7, 11) is 0. The van der Waals surface area contributed by atoms with E-state index in [1.54, 1.807) is 4.52 Å². The van der Waals surface area contributed by atoms with Crippen LogP contribution in [0.2, 0.25) is 0 Å². The molecule has 2 aromatic heterocycles. The van der Waals surface area contributed by atoms with Crippen molar-refractivity contribution in [3.05, 3.63) is 53.9 Å². The highest BCUT2D eigenvalue weighted by atomic mass is 15.3. The second kappa shape index (κ2) is 3.97. The third-order valence-electron chi connectivity index (χ3n) is 2.83. The Bertz CT molecular complexity index is 751. The quantitative estimate of drug-likeness (QED) is 0.650. The van der Waals surface area contributed by atoms with Gasteiger partial charge in [-0.2, -0.15) is 10.4 Å². The number of benzene rings is 1. The summed E-state index contributed by atoms with van der Waals surface area (Å²) in [6, 6.07) is 15.8. The zero-order valence-corrected chi connectivity index (χ0v) is 9.83. The molecule has 0 N–H and O–H groups in total. The fourth-order valence-electron chi connectivity index (χ4n) is 1.93. The number of imidazole rings is 1. The first kappa shape index (κ1) is 10.5. The van der Waals surface area contributed by atoms with Crippen molar-refractivity contribution in [3.8, 4) is 17.3 Å². The minimum absolute atomic E-state index is 0.489. The average Bonchev–Trinajstić information content (AvgIpc) is 2.74. The highest BCUT2D eigenvalue weighted by Gasteiger charge is 2.10. The van der Waals surface area contributed by atoms with Crippen LogP contribution in [0, 0.1) is 18.3 Å². The van der Waals surface area contributed by atoms with Crippen LogP contribution in [0.4, 0.5) is 0 Å². The molecule has 0 unspecified atom stereocenters. The molecule has 2 heterocycles. The number of hydrogen-bond acceptors (Lipinski definition) is 3. The lowest BCUT2D eigenvalue weighted by molar-refractivity contribution is 0.924. The van der Waals surface area contributed by atoms with Gasteiger partial charge in [0.25, 0.3) is 0 Å². The standard InChI is InChI=1S/C14H10N4/c1-10-13(9-15)18-14(16-10)8-7-12(17-18)11-5-3-2-4-6-11/h2-8H,1H3. The molecule has 0 amide bonds. The van der Waals surface area contributed by atoms with Crippen molar-refractivity contribution >= 4 is 5.65 Å². The predicted molar refractivity (Wildman–Crippen MR) is 67.9 cm³/mol. The highest BCUT2D eigenvalue weighted by molar-refractivity contribution is 5.60. The summed E-state index contributed by atoms with van der Waals surface area (Å²) in [5.74, 6) is 0. The van der Waals surface area contributed by atoms with E-state index in [1.165, 1.54) is 0 Å². The van der Waals surface area contributed by atoms with E-state index in [4.69, 9.17) is 5.26 Å². The minimum Gasteiger partial charge on any atom is -0.231 e. The molecule has 18 heavy (non-hydrogen) atoms. The fourth-order valence-corrected chi connectivity index (χ4v) is 1.93. The van der Waals surface area contributed by atoms with Gasteiger partial charge in [-0.1, -0.05) is 30.3 Å². The Morgan fingerprint density at radius 2 is 1.89 bits per heavy atom. The summed E-state index contributed by atoms with van der Waals surface area (Å²) >= 11 is 0. The van der Waals surface area contributed by atoms with Crippen molar-refractivity contribution in [2.45, 2.75) is 6.92 Å². The van der Waals surface area contributed by atoms with Gasteiger partial charge in [-0.3, -0.25) is 0 Å². The summed E-state index contributed by atoms with van der Waals surface area (Å²) in [6.45, 7) is 1.81. The van der Waals surface area contributed by atoms with Gasteiger partial charge >= 0.3 is 0 Å². The molecular formula is C14H10N4. The molecular weight excluding hydrogens is 224 g/mol. The molecule has 0 atom stereocenters. The van der Waals surface area contributed by atoms with Crippen molar-refractivity contribution < 1.29 is 0 Å². The van der Waals surface area contributed by atoms with E-state index in [2.05, 4.69) is 16.2 Å². The molecule has 86 valence electrons. The molecule has 0 aliphatic rings. The first-order valence-electron chi connectivity index (χ1n) is 5.61. The summed E-state index contributed by atoms with van der Waals surface area (Å²) in [4.78, 5) is 4.30. The van der Waals surface area contributed by atoms with Crippen molar-refractivity contribution in [3.63, 3.8) is 0 Å². The third kappa shape index (κ3) is 1.54. The number of nitriles is 1. The summed E-state index contributed by atoms with van der Waals surface area (Å²) < 4.78 is 1.59. The van der Waals surface area contributed by atoms with Crippen LogP contribution in [0.15, 0.2) is 42.5 Å². The Kier molecular flexibility index (Phi) is 2.31. The van der Waals surface area contributed by atoms with Gasteiger partial charge in [0, 0.05) is 5.56 Å². The molecule has 0 bridgehead atoms. The van der Waals surface area contributed by atoms with Crippen LogP contribution in [-0.2, 0) is 0 Å². The van der Waals surface area contributed by atoms with Crippen LogP contribution >= 0.6 is 0 Å². The molecule has 3 rings (SSSR count). The van der Waals surface area contributed by atoms with Gasteiger partial charge in [0.15, 0.2) is 11.3 Å². The zero-order valence-electron chi connectivity index (χ0n) is 9.83. The number of fused-ring (bicyclic) bond motifs is 1. The van der Waals surface area contributed by atoms with Gasteiger partial charge in [0.2, 0.25) is 0 Å². The van der Waals surface area contributed by atoms with Gasteiger partial charge in [-0.25, -0.2) is 9.50 Å².